The average molecular weight is 474 g/mol. The van der Waals surface area contributed by atoms with Crippen molar-refractivity contribution in [2.24, 2.45) is 0 Å². The number of hydrogen-bond donors (Lipinski definition) is 1. The molecule has 1 aromatic heterocycles. The second-order valence-corrected chi connectivity index (χ2v) is 7.90. The van der Waals surface area contributed by atoms with Crippen LogP contribution in [-0.2, 0) is 0 Å². The van der Waals surface area contributed by atoms with Crippen LogP contribution >= 0.6 is 0 Å². The summed E-state index contributed by atoms with van der Waals surface area (Å²) in [7, 11) is 1.56. The summed E-state index contributed by atoms with van der Waals surface area (Å²) in [5.41, 5.74) is 2.93. The second-order valence-electron chi connectivity index (χ2n) is 7.90. The molecule has 4 aromatic rings. The molecule has 1 aliphatic rings. The summed E-state index contributed by atoms with van der Waals surface area (Å²) in [6.07, 6.45) is 0. The van der Waals surface area contributed by atoms with E-state index in [-0.39, 0.29) is 23.6 Å². The molecule has 0 fully saturated rings. The van der Waals surface area contributed by atoms with E-state index in [1.54, 1.807) is 62.6 Å². The summed E-state index contributed by atoms with van der Waals surface area (Å²) in [6, 6.07) is 17.5. The van der Waals surface area contributed by atoms with Crippen molar-refractivity contribution in [1.82, 2.24) is 15.5 Å². The highest BCUT2D eigenvalue weighted by molar-refractivity contribution is 6.01. The minimum Gasteiger partial charge on any atom is -0.497 e. The molecule has 2 heterocycles. The molecule has 0 aliphatic carbocycles. The molecule has 0 bridgehead atoms. The first-order valence-corrected chi connectivity index (χ1v) is 10.8. The van der Waals surface area contributed by atoms with E-state index in [1.807, 2.05) is 0 Å². The van der Waals surface area contributed by atoms with E-state index in [9.17, 15) is 13.6 Å². The van der Waals surface area contributed by atoms with Gasteiger partial charge in [-0.15, -0.1) is 0 Å². The Morgan fingerprint density at radius 3 is 2.20 bits per heavy atom. The van der Waals surface area contributed by atoms with Gasteiger partial charge in [-0.2, -0.15) is 4.98 Å². The van der Waals surface area contributed by atoms with Gasteiger partial charge in [-0.05, 0) is 73.2 Å². The van der Waals surface area contributed by atoms with E-state index >= 15 is 0 Å². The van der Waals surface area contributed by atoms with Crippen LogP contribution in [0.4, 0.5) is 19.3 Å². The largest absolute Gasteiger partial charge is 0.497 e. The van der Waals surface area contributed by atoms with Gasteiger partial charge in [0.1, 0.15) is 17.4 Å². The monoisotopic (exact) mass is 474 g/mol. The minimum atomic E-state index is -0.667. The molecule has 0 radical (unpaired) electrons. The van der Waals surface area contributed by atoms with Crippen LogP contribution in [0.2, 0.25) is 0 Å². The van der Waals surface area contributed by atoms with Crippen LogP contribution in [0.25, 0.3) is 17.0 Å². The quantitative estimate of drug-likeness (QED) is 0.400. The molecule has 3 aromatic carbocycles. The summed E-state index contributed by atoms with van der Waals surface area (Å²) < 4.78 is 37.8. The number of carbonyl (C=O) groups excluding carboxylic acids is 1. The van der Waals surface area contributed by atoms with E-state index < -0.39 is 11.9 Å². The molecule has 2 amide bonds. The van der Waals surface area contributed by atoms with Crippen LogP contribution < -0.4 is 15.0 Å². The number of allylic oxidation sites excluding steroid dienone is 1. The number of hydrogen-bond acceptors (Lipinski definition) is 5. The lowest BCUT2D eigenvalue weighted by Crippen LogP contribution is -2.46. The van der Waals surface area contributed by atoms with Gasteiger partial charge in [-0.3, -0.25) is 4.90 Å². The highest BCUT2D eigenvalue weighted by Gasteiger charge is 2.36. The van der Waals surface area contributed by atoms with Crippen molar-refractivity contribution in [3.05, 3.63) is 102 Å². The summed E-state index contributed by atoms with van der Waals surface area (Å²) in [4.78, 5) is 19.2. The molecule has 7 nitrogen and oxygen atoms in total. The Labute approximate surface area is 199 Å². The van der Waals surface area contributed by atoms with E-state index in [0.29, 0.717) is 33.8 Å². The lowest BCUT2D eigenvalue weighted by molar-refractivity contribution is 0.244. The number of nitrogens with one attached hydrogen (secondary N) is 1. The number of anilines is 1. The molecule has 1 unspecified atom stereocenters. The van der Waals surface area contributed by atoms with Gasteiger partial charge in [-0.1, -0.05) is 17.3 Å². The van der Waals surface area contributed by atoms with Gasteiger partial charge >= 0.3 is 6.03 Å². The number of ether oxygens (including phenoxy) is 1. The maximum absolute atomic E-state index is 13.6. The number of amides is 2. The van der Waals surface area contributed by atoms with Crippen LogP contribution in [0.3, 0.4) is 0 Å². The molecule has 0 spiro atoms. The first-order chi connectivity index (χ1) is 16.9. The smallest absolute Gasteiger partial charge is 0.326 e. The van der Waals surface area contributed by atoms with Crippen molar-refractivity contribution >= 4 is 17.3 Å². The predicted molar refractivity (Wildman–Crippen MR) is 125 cm³/mol. The molecule has 1 N–H and O–H groups in total. The summed E-state index contributed by atoms with van der Waals surface area (Å²) in [5, 5.41) is 7.02. The molecule has 35 heavy (non-hydrogen) atoms. The minimum absolute atomic E-state index is 0.176. The SMILES string of the molecule is COc1ccc(N2C(=O)NC(c3ccc(F)cc3)C(c3nc(-c4ccc(F)cc4)no3)=C2C)cc1. The lowest BCUT2D eigenvalue weighted by atomic mass is 9.94. The van der Waals surface area contributed by atoms with Gasteiger partial charge in [0.15, 0.2) is 0 Å². The molecule has 9 heteroatoms. The van der Waals surface area contributed by atoms with Crippen LogP contribution in [-0.4, -0.2) is 23.3 Å². The second kappa shape index (κ2) is 9.02. The van der Waals surface area contributed by atoms with Crippen LogP contribution in [0, 0.1) is 11.6 Å². The van der Waals surface area contributed by atoms with E-state index in [0.717, 1.165) is 0 Å². The molecule has 176 valence electrons. The molecule has 1 aliphatic heterocycles. The zero-order valence-corrected chi connectivity index (χ0v) is 18.8. The standard InChI is InChI=1S/C26H20F2N4O3/c1-15-22(25-30-24(31-35-25)17-5-9-19(28)10-6-17)23(16-3-7-18(27)8-4-16)29-26(33)32(15)20-11-13-21(34-2)14-12-20/h3-14,23H,1-2H3,(H,29,33). The number of halogens is 2. The molecule has 1 atom stereocenters. The maximum atomic E-state index is 13.6. The van der Waals surface area contributed by atoms with E-state index in [4.69, 9.17) is 9.26 Å². The number of aromatic nitrogens is 2. The van der Waals surface area contributed by atoms with Gasteiger partial charge in [0.05, 0.1) is 24.4 Å². The lowest BCUT2D eigenvalue weighted by Gasteiger charge is -2.35. The average Bonchev–Trinajstić information content (AvgIpc) is 3.35. The highest BCUT2D eigenvalue weighted by atomic mass is 19.1. The Bertz CT molecular complexity index is 1400. The Morgan fingerprint density at radius 2 is 1.57 bits per heavy atom. The molecule has 5 rings (SSSR count). The normalized spacial score (nSPS) is 15.8. The maximum Gasteiger partial charge on any atom is 0.326 e. The highest BCUT2D eigenvalue weighted by Crippen LogP contribution is 2.39. The predicted octanol–water partition coefficient (Wildman–Crippen LogP) is 5.73. The van der Waals surface area contributed by atoms with Crippen molar-refractivity contribution in [3.8, 4) is 17.1 Å². The summed E-state index contributed by atoms with van der Waals surface area (Å²) in [6.45, 7) is 1.77. The van der Waals surface area contributed by atoms with Crippen LogP contribution in [0.5, 0.6) is 5.75 Å². The van der Waals surface area contributed by atoms with Gasteiger partial charge < -0.3 is 14.6 Å². The fourth-order valence-corrected chi connectivity index (χ4v) is 4.02. The number of urea groups is 1. The fraction of sp³-hybridized carbons (Fsp3) is 0.115. The molecular formula is C26H20F2N4O3. The van der Waals surface area contributed by atoms with Gasteiger partial charge in [0.25, 0.3) is 5.89 Å². The number of carbonyl (C=O) groups is 1. The first-order valence-electron chi connectivity index (χ1n) is 10.8. The topological polar surface area (TPSA) is 80.5 Å². The zero-order chi connectivity index (χ0) is 24.5. The number of nitrogens with zero attached hydrogens (tertiary/aromatic N) is 3. The number of methoxy groups -OCH3 is 1. The van der Waals surface area contributed by atoms with E-state index in [2.05, 4.69) is 15.5 Å². The van der Waals surface area contributed by atoms with Crippen molar-refractivity contribution in [3.63, 3.8) is 0 Å². The van der Waals surface area contributed by atoms with Gasteiger partial charge in [0.2, 0.25) is 5.82 Å². The Kier molecular flexibility index (Phi) is 5.74. The number of rotatable bonds is 5. The fourth-order valence-electron chi connectivity index (χ4n) is 4.02. The van der Waals surface area contributed by atoms with Crippen molar-refractivity contribution < 1.29 is 22.8 Å². The molecular weight excluding hydrogens is 454 g/mol. The van der Waals surface area contributed by atoms with E-state index in [1.165, 1.54) is 29.2 Å². The summed E-state index contributed by atoms with van der Waals surface area (Å²) >= 11 is 0. The Morgan fingerprint density at radius 1 is 0.943 bits per heavy atom. The number of benzene rings is 3. The van der Waals surface area contributed by atoms with Crippen LogP contribution in [0.15, 0.2) is 83.0 Å². The molecule has 0 saturated carbocycles. The Hall–Kier alpha value is -4.53. The van der Waals surface area contributed by atoms with Gasteiger partial charge in [0, 0.05) is 11.3 Å². The van der Waals surface area contributed by atoms with Crippen molar-refractivity contribution in [2.45, 2.75) is 13.0 Å². The third kappa shape index (κ3) is 4.23. The molecule has 0 saturated heterocycles. The van der Waals surface area contributed by atoms with Crippen LogP contribution in [0.1, 0.15) is 24.4 Å². The first kappa shape index (κ1) is 22.3. The summed E-state index contributed by atoms with van der Waals surface area (Å²) in [5.74, 6) is 0.325. The Balaban J connectivity index is 1.63. The third-order valence-corrected chi connectivity index (χ3v) is 5.78. The third-order valence-electron chi connectivity index (χ3n) is 5.78. The van der Waals surface area contributed by atoms with Crippen molar-refractivity contribution in [1.29, 1.82) is 0 Å². The van der Waals surface area contributed by atoms with Crippen molar-refractivity contribution in [2.75, 3.05) is 12.0 Å². The van der Waals surface area contributed by atoms with Gasteiger partial charge in [-0.25, -0.2) is 13.6 Å². The zero-order valence-electron chi connectivity index (χ0n) is 18.8.